The molecule has 0 saturated heterocycles. The first-order valence-electron chi connectivity index (χ1n) is 3.38. The van der Waals surface area contributed by atoms with Gasteiger partial charge < -0.3 is 16.2 Å². The van der Waals surface area contributed by atoms with Gasteiger partial charge in [0, 0.05) is 5.56 Å². The van der Waals surface area contributed by atoms with Crippen LogP contribution in [0.25, 0.3) is 0 Å². The summed E-state index contributed by atoms with van der Waals surface area (Å²) in [5.74, 6) is 0.598. The highest BCUT2D eigenvalue weighted by Crippen LogP contribution is 2.21. The van der Waals surface area contributed by atoms with Gasteiger partial charge in [0.1, 0.15) is 10.7 Å². The third-order valence-corrected chi connectivity index (χ3v) is 1.75. The number of thiocarbonyl (C=S) groups is 1. The van der Waals surface area contributed by atoms with Crippen molar-refractivity contribution >= 4 is 22.9 Å². The molecule has 4 N–H and O–H groups in total. The van der Waals surface area contributed by atoms with E-state index in [-0.39, 0.29) is 0 Å². The summed E-state index contributed by atoms with van der Waals surface area (Å²) in [6, 6.07) is 5.20. The lowest BCUT2D eigenvalue weighted by Gasteiger charge is -2.05. The van der Waals surface area contributed by atoms with Crippen molar-refractivity contribution in [1.82, 2.24) is 0 Å². The van der Waals surface area contributed by atoms with Gasteiger partial charge in [0.15, 0.2) is 0 Å². The fraction of sp³-hybridized carbons (Fsp3) is 0.125. The fourth-order valence-electron chi connectivity index (χ4n) is 0.864. The summed E-state index contributed by atoms with van der Waals surface area (Å²) in [5.41, 5.74) is 12.4. The molecule has 0 aromatic heterocycles. The average Bonchev–Trinajstić information content (AvgIpc) is 2.05. The molecule has 4 heteroatoms. The van der Waals surface area contributed by atoms with Gasteiger partial charge in [0.2, 0.25) is 0 Å². The van der Waals surface area contributed by atoms with E-state index >= 15 is 0 Å². The summed E-state index contributed by atoms with van der Waals surface area (Å²) in [6.45, 7) is 0. The van der Waals surface area contributed by atoms with Crippen LogP contribution in [0, 0.1) is 0 Å². The van der Waals surface area contributed by atoms with Crippen LogP contribution < -0.4 is 16.2 Å². The van der Waals surface area contributed by atoms with Crippen LogP contribution in [0.2, 0.25) is 0 Å². The van der Waals surface area contributed by atoms with Crippen LogP contribution in [0.15, 0.2) is 18.2 Å². The van der Waals surface area contributed by atoms with Crippen LogP contribution in [0.4, 0.5) is 5.69 Å². The van der Waals surface area contributed by atoms with Crippen LogP contribution in [-0.2, 0) is 0 Å². The Kier molecular flexibility index (Phi) is 2.50. The smallest absolute Gasteiger partial charge is 0.142 e. The summed E-state index contributed by atoms with van der Waals surface area (Å²) in [4.78, 5) is 0.341. The van der Waals surface area contributed by atoms with Crippen molar-refractivity contribution < 1.29 is 4.74 Å². The number of methoxy groups -OCH3 is 1. The van der Waals surface area contributed by atoms with Gasteiger partial charge >= 0.3 is 0 Å². The summed E-state index contributed by atoms with van der Waals surface area (Å²) >= 11 is 4.79. The van der Waals surface area contributed by atoms with Gasteiger partial charge in [-0.05, 0) is 18.2 Å². The third kappa shape index (κ3) is 1.65. The van der Waals surface area contributed by atoms with E-state index in [2.05, 4.69) is 0 Å². The van der Waals surface area contributed by atoms with Crippen molar-refractivity contribution in [3.63, 3.8) is 0 Å². The molecule has 12 heavy (non-hydrogen) atoms. The maximum Gasteiger partial charge on any atom is 0.142 e. The normalized spacial score (nSPS) is 9.42. The number of ether oxygens (including phenoxy) is 1. The Morgan fingerprint density at radius 3 is 2.67 bits per heavy atom. The molecule has 0 spiro atoms. The molecule has 1 aromatic rings. The average molecular weight is 182 g/mol. The van der Waals surface area contributed by atoms with Crippen LogP contribution in [-0.4, -0.2) is 12.1 Å². The SMILES string of the molecule is COc1cc(C(N)=S)ccc1N. The first-order chi connectivity index (χ1) is 5.65. The molecular weight excluding hydrogens is 172 g/mol. The molecule has 3 nitrogen and oxygen atoms in total. The topological polar surface area (TPSA) is 61.3 Å². The minimum atomic E-state index is 0.341. The van der Waals surface area contributed by atoms with Gasteiger partial charge in [-0.1, -0.05) is 12.2 Å². The van der Waals surface area contributed by atoms with Crippen LogP contribution in [0.1, 0.15) is 5.56 Å². The minimum Gasteiger partial charge on any atom is -0.495 e. The predicted octanol–water partition coefficient (Wildman–Crippen LogP) is 0.912. The largest absolute Gasteiger partial charge is 0.495 e. The second kappa shape index (κ2) is 3.40. The summed E-state index contributed by atoms with van der Waals surface area (Å²) in [6.07, 6.45) is 0. The Balaban J connectivity index is 3.13. The second-order valence-electron chi connectivity index (χ2n) is 2.32. The molecular formula is C8H10N2OS. The molecule has 0 aliphatic rings. The van der Waals surface area contributed by atoms with Crippen molar-refractivity contribution in [2.24, 2.45) is 5.73 Å². The van der Waals surface area contributed by atoms with Crippen LogP contribution in [0.5, 0.6) is 5.75 Å². The van der Waals surface area contributed by atoms with Gasteiger partial charge in [-0.3, -0.25) is 0 Å². The Labute approximate surface area is 76.3 Å². The quantitative estimate of drug-likeness (QED) is 0.527. The van der Waals surface area contributed by atoms with Gasteiger partial charge in [-0.2, -0.15) is 0 Å². The van der Waals surface area contributed by atoms with Gasteiger partial charge in [-0.25, -0.2) is 0 Å². The van der Waals surface area contributed by atoms with E-state index < -0.39 is 0 Å². The number of hydrogen-bond donors (Lipinski definition) is 2. The summed E-state index contributed by atoms with van der Waals surface area (Å²) in [7, 11) is 1.55. The van der Waals surface area contributed by atoms with Gasteiger partial charge in [0.25, 0.3) is 0 Å². The number of nitrogen functional groups attached to an aromatic ring is 1. The lowest BCUT2D eigenvalue weighted by molar-refractivity contribution is 0.417. The molecule has 0 saturated carbocycles. The first kappa shape index (κ1) is 8.80. The maximum absolute atomic E-state index is 5.59. The third-order valence-electron chi connectivity index (χ3n) is 1.52. The van der Waals surface area contributed by atoms with Crippen LogP contribution >= 0.6 is 12.2 Å². The molecule has 0 aliphatic heterocycles. The van der Waals surface area contributed by atoms with E-state index in [4.69, 9.17) is 28.4 Å². The fourth-order valence-corrected chi connectivity index (χ4v) is 0.991. The molecule has 1 aromatic carbocycles. The molecule has 64 valence electrons. The van der Waals surface area contributed by atoms with E-state index in [0.29, 0.717) is 16.4 Å². The van der Waals surface area contributed by atoms with Crippen molar-refractivity contribution in [3.05, 3.63) is 23.8 Å². The Morgan fingerprint density at radius 1 is 1.50 bits per heavy atom. The highest BCUT2D eigenvalue weighted by molar-refractivity contribution is 7.80. The van der Waals surface area contributed by atoms with E-state index in [1.54, 1.807) is 25.3 Å². The molecule has 0 unspecified atom stereocenters. The molecule has 0 amide bonds. The zero-order valence-electron chi connectivity index (χ0n) is 6.70. The van der Waals surface area contributed by atoms with E-state index in [9.17, 15) is 0 Å². The highest BCUT2D eigenvalue weighted by atomic mass is 32.1. The van der Waals surface area contributed by atoms with E-state index in [0.717, 1.165) is 5.56 Å². The lowest BCUT2D eigenvalue weighted by atomic mass is 10.2. The molecule has 0 atom stereocenters. The number of anilines is 1. The highest BCUT2D eigenvalue weighted by Gasteiger charge is 2.01. The zero-order valence-corrected chi connectivity index (χ0v) is 7.52. The Morgan fingerprint density at radius 2 is 2.17 bits per heavy atom. The van der Waals surface area contributed by atoms with Gasteiger partial charge in [-0.15, -0.1) is 0 Å². The Bertz CT molecular complexity index is 312. The van der Waals surface area contributed by atoms with Crippen molar-refractivity contribution in [2.75, 3.05) is 12.8 Å². The second-order valence-corrected chi connectivity index (χ2v) is 2.76. The molecule has 0 heterocycles. The molecule has 1 rings (SSSR count). The molecule has 0 radical (unpaired) electrons. The standard InChI is InChI=1S/C8H10N2OS/c1-11-7-4-5(8(10)12)2-3-6(7)9/h2-4H,9H2,1H3,(H2,10,12). The number of nitrogens with two attached hydrogens (primary N) is 2. The molecule has 0 aliphatic carbocycles. The van der Waals surface area contributed by atoms with Crippen molar-refractivity contribution in [3.8, 4) is 5.75 Å². The number of hydrogen-bond acceptors (Lipinski definition) is 3. The molecule has 0 fully saturated rings. The zero-order chi connectivity index (χ0) is 9.14. The lowest BCUT2D eigenvalue weighted by Crippen LogP contribution is -2.09. The monoisotopic (exact) mass is 182 g/mol. The number of rotatable bonds is 2. The predicted molar refractivity (Wildman–Crippen MR) is 53.3 cm³/mol. The van der Waals surface area contributed by atoms with Crippen molar-refractivity contribution in [2.45, 2.75) is 0 Å². The van der Waals surface area contributed by atoms with Crippen LogP contribution in [0.3, 0.4) is 0 Å². The Hall–Kier alpha value is -1.29. The maximum atomic E-state index is 5.59. The number of benzene rings is 1. The van der Waals surface area contributed by atoms with Gasteiger partial charge in [0.05, 0.1) is 12.8 Å². The van der Waals surface area contributed by atoms with E-state index in [1.165, 1.54) is 0 Å². The molecule has 0 bridgehead atoms. The van der Waals surface area contributed by atoms with E-state index in [1.807, 2.05) is 0 Å². The van der Waals surface area contributed by atoms with Crippen molar-refractivity contribution in [1.29, 1.82) is 0 Å². The summed E-state index contributed by atoms with van der Waals surface area (Å²) in [5, 5.41) is 0. The first-order valence-corrected chi connectivity index (χ1v) is 3.79. The summed E-state index contributed by atoms with van der Waals surface area (Å²) < 4.78 is 5.00. The minimum absolute atomic E-state index is 0.341.